The zero-order valence-electron chi connectivity index (χ0n) is 14.7. The van der Waals surface area contributed by atoms with E-state index in [9.17, 15) is 9.59 Å². The van der Waals surface area contributed by atoms with Gasteiger partial charge in [-0.25, -0.2) is 0 Å². The Morgan fingerprint density at radius 3 is 2.40 bits per heavy atom. The molecule has 0 unspecified atom stereocenters. The van der Waals surface area contributed by atoms with Crippen LogP contribution < -0.4 is 14.5 Å². The van der Waals surface area contributed by atoms with Gasteiger partial charge in [-0.2, -0.15) is 0 Å². The quantitative estimate of drug-likeness (QED) is 0.860. The first-order valence-electron chi connectivity index (χ1n) is 8.39. The molecule has 2 aromatic carbocycles. The number of hydrogen-bond acceptors (Lipinski definition) is 3. The second-order valence-corrected chi connectivity index (χ2v) is 6.38. The zero-order chi connectivity index (χ0) is 18.0. The summed E-state index contributed by atoms with van der Waals surface area (Å²) in [5, 5.41) is 0. The van der Waals surface area contributed by atoms with Gasteiger partial charge in [0, 0.05) is 6.04 Å². The van der Waals surface area contributed by atoms with Crippen molar-refractivity contribution in [2.24, 2.45) is 0 Å². The molecule has 0 atom stereocenters. The second-order valence-electron chi connectivity index (χ2n) is 6.38. The molecule has 0 saturated carbocycles. The molecule has 5 heteroatoms. The Kier molecular flexibility index (Phi) is 4.74. The van der Waals surface area contributed by atoms with Crippen LogP contribution in [0.5, 0.6) is 5.75 Å². The molecule has 0 N–H and O–H groups in total. The summed E-state index contributed by atoms with van der Waals surface area (Å²) in [5.41, 5.74) is 2.48. The van der Waals surface area contributed by atoms with Gasteiger partial charge >= 0.3 is 0 Å². The average Bonchev–Trinajstić information content (AvgIpc) is 2.59. The van der Waals surface area contributed by atoms with Crippen LogP contribution in [0.15, 0.2) is 48.5 Å². The van der Waals surface area contributed by atoms with Crippen molar-refractivity contribution in [3.8, 4) is 5.75 Å². The number of aryl methyl sites for hydroxylation is 1. The Balaban J connectivity index is 1.82. The van der Waals surface area contributed by atoms with Crippen LogP contribution >= 0.6 is 0 Å². The third-order valence-corrected chi connectivity index (χ3v) is 4.26. The van der Waals surface area contributed by atoms with Crippen molar-refractivity contribution < 1.29 is 14.3 Å². The Morgan fingerprint density at radius 2 is 1.72 bits per heavy atom. The molecule has 0 spiro atoms. The van der Waals surface area contributed by atoms with Crippen LogP contribution in [0, 0.1) is 6.92 Å². The molecule has 2 amide bonds. The highest BCUT2D eigenvalue weighted by Crippen LogP contribution is 2.34. The van der Waals surface area contributed by atoms with E-state index in [0.717, 1.165) is 16.9 Å². The maximum absolute atomic E-state index is 12.7. The fourth-order valence-electron chi connectivity index (χ4n) is 3.05. The molecule has 0 aromatic heterocycles. The highest BCUT2D eigenvalue weighted by atomic mass is 16.5. The van der Waals surface area contributed by atoms with E-state index in [2.05, 4.69) is 0 Å². The number of carbonyl (C=O) groups is 2. The standard InChI is InChI=1S/C20H22N2O3/c1-14(2)22-17-10-6-5-9-16(17)21(12-19(22)23)20(24)13-25-18-11-7-4-8-15(18)3/h4-11,14H,12-13H2,1-3H3. The number of nitrogens with zero attached hydrogens (tertiary/aromatic N) is 2. The van der Waals surface area contributed by atoms with Gasteiger partial charge in [0.05, 0.1) is 11.4 Å². The summed E-state index contributed by atoms with van der Waals surface area (Å²) in [5.74, 6) is 0.363. The lowest BCUT2D eigenvalue weighted by molar-refractivity contribution is -0.124. The number of anilines is 2. The molecule has 3 rings (SSSR count). The van der Waals surface area contributed by atoms with Gasteiger partial charge in [0.2, 0.25) is 5.91 Å². The molecule has 0 aliphatic carbocycles. The molecule has 1 aliphatic rings. The summed E-state index contributed by atoms with van der Waals surface area (Å²) in [6.45, 7) is 5.79. The van der Waals surface area contributed by atoms with E-state index >= 15 is 0 Å². The van der Waals surface area contributed by atoms with Gasteiger partial charge in [0.1, 0.15) is 12.3 Å². The van der Waals surface area contributed by atoms with Crippen LogP contribution in [0.2, 0.25) is 0 Å². The van der Waals surface area contributed by atoms with Crippen LogP contribution in [0.25, 0.3) is 0 Å². The molecule has 0 radical (unpaired) electrons. The fourth-order valence-corrected chi connectivity index (χ4v) is 3.05. The summed E-state index contributed by atoms with van der Waals surface area (Å²) in [4.78, 5) is 28.5. The van der Waals surface area contributed by atoms with Gasteiger partial charge in [0.25, 0.3) is 5.91 Å². The Labute approximate surface area is 147 Å². The summed E-state index contributed by atoms with van der Waals surface area (Å²) in [7, 11) is 0. The van der Waals surface area contributed by atoms with E-state index in [0.29, 0.717) is 5.75 Å². The number of fused-ring (bicyclic) bond motifs is 1. The normalized spacial score (nSPS) is 13.8. The molecular weight excluding hydrogens is 316 g/mol. The van der Waals surface area contributed by atoms with E-state index in [1.807, 2.05) is 69.3 Å². The number of para-hydroxylation sites is 3. The predicted molar refractivity (Wildman–Crippen MR) is 98.1 cm³/mol. The largest absolute Gasteiger partial charge is 0.483 e. The lowest BCUT2D eigenvalue weighted by Gasteiger charge is -2.38. The monoisotopic (exact) mass is 338 g/mol. The van der Waals surface area contributed by atoms with Crippen molar-refractivity contribution in [1.82, 2.24) is 0 Å². The molecule has 0 saturated heterocycles. The number of rotatable bonds is 4. The van der Waals surface area contributed by atoms with Gasteiger partial charge in [-0.05, 0) is 44.5 Å². The Hall–Kier alpha value is -2.82. The minimum atomic E-state index is -0.229. The summed E-state index contributed by atoms with van der Waals surface area (Å²) >= 11 is 0. The SMILES string of the molecule is Cc1ccccc1OCC(=O)N1CC(=O)N(C(C)C)c2ccccc21. The summed E-state index contributed by atoms with van der Waals surface area (Å²) in [6.07, 6.45) is 0. The smallest absolute Gasteiger partial charge is 0.265 e. The van der Waals surface area contributed by atoms with Gasteiger partial charge in [-0.1, -0.05) is 30.3 Å². The summed E-state index contributed by atoms with van der Waals surface area (Å²) in [6, 6.07) is 15.1. The van der Waals surface area contributed by atoms with E-state index in [4.69, 9.17) is 4.74 Å². The third kappa shape index (κ3) is 3.36. The molecule has 25 heavy (non-hydrogen) atoms. The van der Waals surface area contributed by atoms with Gasteiger partial charge in [-0.15, -0.1) is 0 Å². The maximum Gasteiger partial charge on any atom is 0.265 e. The average molecular weight is 338 g/mol. The van der Waals surface area contributed by atoms with E-state index in [1.54, 1.807) is 4.90 Å². The van der Waals surface area contributed by atoms with Crippen molar-refractivity contribution in [3.63, 3.8) is 0 Å². The van der Waals surface area contributed by atoms with Gasteiger partial charge < -0.3 is 9.64 Å². The first-order valence-corrected chi connectivity index (χ1v) is 8.39. The van der Waals surface area contributed by atoms with Crippen molar-refractivity contribution in [2.45, 2.75) is 26.8 Å². The molecule has 0 fully saturated rings. The van der Waals surface area contributed by atoms with Crippen LogP contribution in [-0.4, -0.2) is 31.0 Å². The van der Waals surface area contributed by atoms with Crippen LogP contribution in [0.4, 0.5) is 11.4 Å². The highest BCUT2D eigenvalue weighted by molar-refractivity contribution is 6.11. The van der Waals surface area contributed by atoms with Crippen molar-refractivity contribution in [2.75, 3.05) is 23.0 Å². The molecule has 130 valence electrons. The first kappa shape index (κ1) is 17.0. The lowest BCUT2D eigenvalue weighted by atomic mass is 10.1. The number of benzene rings is 2. The van der Waals surface area contributed by atoms with Crippen molar-refractivity contribution in [3.05, 3.63) is 54.1 Å². The second kappa shape index (κ2) is 6.97. The lowest BCUT2D eigenvalue weighted by Crippen LogP contribution is -2.51. The molecule has 1 heterocycles. The Morgan fingerprint density at radius 1 is 1.08 bits per heavy atom. The van der Waals surface area contributed by atoms with Crippen LogP contribution in [0.3, 0.4) is 0 Å². The van der Waals surface area contributed by atoms with E-state index in [1.165, 1.54) is 4.90 Å². The van der Waals surface area contributed by atoms with Crippen molar-refractivity contribution in [1.29, 1.82) is 0 Å². The highest BCUT2D eigenvalue weighted by Gasteiger charge is 2.33. The van der Waals surface area contributed by atoms with E-state index < -0.39 is 0 Å². The third-order valence-electron chi connectivity index (χ3n) is 4.26. The topological polar surface area (TPSA) is 49.9 Å². The molecule has 1 aliphatic heterocycles. The number of amides is 2. The zero-order valence-corrected chi connectivity index (χ0v) is 14.7. The first-order chi connectivity index (χ1) is 12.0. The number of ether oxygens (including phenoxy) is 1. The van der Waals surface area contributed by atoms with Gasteiger partial charge in [-0.3, -0.25) is 14.5 Å². The maximum atomic E-state index is 12.7. The minimum absolute atomic E-state index is 0.0329. The fraction of sp³-hybridized carbons (Fsp3) is 0.300. The van der Waals surface area contributed by atoms with Crippen molar-refractivity contribution >= 4 is 23.2 Å². The molecule has 5 nitrogen and oxygen atoms in total. The minimum Gasteiger partial charge on any atom is -0.483 e. The van der Waals surface area contributed by atoms with Crippen LogP contribution in [-0.2, 0) is 9.59 Å². The van der Waals surface area contributed by atoms with E-state index in [-0.39, 0.29) is 31.0 Å². The Bertz CT molecular complexity index is 801. The predicted octanol–water partition coefficient (Wildman–Crippen LogP) is 3.16. The molecular formula is C20H22N2O3. The number of hydrogen-bond donors (Lipinski definition) is 0. The van der Waals surface area contributed by atoms with Gasteiger partial charge in [0.15, 0.2) is 6.61 Å². The number of carbonyl (C=O) groups excluding carboxylic acids is 2. The van der Waals surface area contributed by atoms with Crippen LogP contribution in [0.1, 0.15) is 19.4 Å². The molecule has 0 bridgehead atoms. The molecule has 2 aromatic rings. The summed E-state index contributed by atoms with van der Waals surface area (Å²) < 4.78 is 5.66.